The largest absolute Gasteiger partial charge is 0.335 e. The molecule has 1 aromatic carbocycles. The smallest absolute Gasteiger partial charge is 0.161 e. The van der Waals surface area contributed by atoms with Crippen LogP contribution in [0.4, 0.5) is 5.69 Å². The lowest BCUT2D eigenvalue weighted by Crippen LogP contribution is -2.24. The Balaban J connectivity index is 2.13. The summed E-state index contributed by atoms with van der Waals surface area (Å²) in [4.78, 5) is 4.82. The molecule has 0 aromatic heterocycles. The molecular weight excluding hydrogens is 332 g/mol. The summed E-state index contributed by atoms with van der Waals surface area (Å²) in [7, 11) is 0. The predicted molar refractivity (Wildman–Crippen MR) is 86.0 cm³/mol. The van der Waals surface area contributed by atoms with E-state index in [1.54, 1.807) is 11.8 Å². The first-order valence-corrected chi connectivity index (χ1v) is 8.19. The van der Waals surface area contributed by atoms with Crippen LogP contribution in [0.5, 0.6) is 0 Å². The summed E-state index contributed by atoms with van der Waals surface area (Å²) < 4.78 is 0.898. The second-order valence-corrected chi connectivity index (χ2v) is 6.62. The van der Waals surface area contributed by atoms with Gasteiger partial charge in [0.1, 0.15) is 0 Å². The van der Waals surface area contributed by atoms with E-state index >= 15 is 0 Å². The predicted octanol–water partition coefficient (Wildman–Crippen LogP) is 5.18. The molecule has 0 amide bonds. The number of halogens is 2. The molecule has 1 N–H and O–H groups in total. The third kappa shape index (κ3) is 3.03. The minimum Gasteiger partial charge on any atom is -0.335 e. The fraction of sp³-hybridized carbons (Fsp3) is 0.462. The van der Waals surface area contributed by atoms with Crippen molar-refractivity contribution in [2.75, 3.05) is 11.1 Å². The Labute approximate surface area is 126 Å². The molecule has 18 heavy (non-hydrogen) atoms. The van der Waals surface area contributed by atoms with Gasteiger partial charge in [-0.15, -0.1) is 0 Å². The quantitative estimate of drug-likeness (QED) is 0.815. The standard InChI is InChI=1S/C13H16BrClN2S/c1-3-13(4-2)8-18-12(17-13)16-9-5-6-11(15)10(14)7-9/h5-7H,3-4,8H2,1-2H3,(H,16,17). The first kappa shape index (κ1) is 14.2. The molecule has 5 heteroatoms. The van der Waals surface area contributed by atoms with Crippen LogP contribution >= 0.6 is 39.3 Å². The highest BCUT2D eigenvalue weighted by Crippen LogP contribution is 2.34. The third-order valence-corrected chi connectivity index (χ3v) is 5.67. The molecule has 0 radical (unpaired) electrons. The van der Waals surface area contributed by atoms with Crippen LogP contribution in [0, 0.1) is 0 Å². The second kappa shape index (κ2) is 5.85. The van der Waals surface area contributed by atoms with Crippen LogP contribution in [0.15, 0.2) is 27.7 Å². The first-order valence-electron chi connectivity index (χ1n) is 6.03. The number of thioether (sulfide) groups is 1. The molecule has 0 spiro atoms. The molecular formula is C13H16BrClN2S. The highest BCUT2D eigenvalue weighted by atomic mass is 79.9. The van der Waals surface area contributed by atoms with Crippen LogP contribution in [0.25, 0.3) is 0 Å². The summed E-state index contributed by atoms with van der Waals surface area (Å²) >= 11 is 11.2. The Morgan fingerprint density at radius 3 is 2.72 bits per heavy atom. The highest BCUT2D eigenvalue weighted by Gasteiger charge is 2.32. The number of nitrogens with zero attached hydrogens (tertiary/aromatic N) is 1. The number of rotatable bonds is 3. The van der Waals surface area contributed by atoms with Gasteiger partial charge in [0, 0.05) is 15.9 Å². The number of benzene rings is 1. The van der Waals surface area contributed by atoms with E-state index in [0.717, 1.165) is 38.9 Å². The van der Waals surface area contributed by atoms with Gasteiger partial charge in [0.2, 0.25) is 0 Å². The third-order valence-electron chi connectivity index (χ3n) is 3.30. The van der Waals surface area contributed by atoms with Gasteiger partial charge in [-0.05, 0) is 47.0 Å². The monoisotopic (exact) mass is 346 g/mol. The SMILES string of the molecule is CCC1(CC)CSC(Nc2ccc(Cl)c(Br)c2)=N1. The van der Waals surface area contributed by atoms with Gasteiger partial charge >= 0.3 is 0 Å². The van der Waals surface area contributed by atoms with E-state index in [0.29, 0.717) is 0 Å². The molecule has 0 aliphatic carbocycles. The van der Waals surface area contributed by atoms with Crippen molar-refractivity contribution < 1.29 is 0 Å². The molecule has 0 saturated heterocycles. The molecule has 0 unspecified atom stereocenters. The van der Waals surface area contributed by atoms with E-state index in [1.165, 1.54) is 0 Å². The Kier molecular flexibility index (Phi) is 4.62. The summed E-state index contributed by atoms with van der Waals surface area (Å²) in [6, 6.07) is 5.82. The van der Waals surface area contributed by atoms with Crippen molar-refractivity contribution >= 4 is 50.1 Å². The number of nitrogens with one attached hydrogen (secondary N) is 1. The van der Waals surface area contributed by atoms with Crippen molar-refractivity contribution in [1.82, 2.24) is 0 Å². The zero-order valence-corrected chi connectivity index (χ0v) is 13.6. The Bertz CT molecular complexity index is 472. The maximum Gasteiger partial charge on any atom is 0.161 e. The number of anilines is 1. The van der Waals surface area contributed by atoms with Crippen molar-refractivity contribution in [3.8, 4) is 0 Å². The summed E-state index contributed by atoms with van der Waals surface area (Å²) in [6.07, 6.45) is 2.18. The zero-order valence-electron chi connectivity index (χ0n) is 10.5. The summed E-state index contributed by atoms with van der Waals surface area (Å²) in [5.74, 6) is 1.07. The van der Waals surface area contributed by atoms with Crippen LogP contribution in [0.3, 0.4) is 0 Å². The van der Waals surface area contributed by atoms with Gasteiger partial charge in [-0.25, -0.2) is 0 Å². The van der Waals surface area contributed by atoms with Gasteiger partial charge in [0.05, 0.1) is 10.6 Å². The summed E-state index contributed by atoms with van der Waals surface area (Å²) in [5, 5.41) is 5.08. The molecule has 98 valence electrons. The van der Waals surface area contributed by atoms with Crippen LogP contribution in [-0.4, -0.2) is 16.5 Å². The molecule has 2 nitrogen and oxygen atoms in total. The van der Waals surface area contributed by atoms with Gasteiger partial charge < -0.3 is 5.32 Å². The van der Waals surface area contributed by atoms with Crippen molar-refractivity contribution in [2.24, 2.45) is 4.99 Å². The number of amidine groups is 1. The van der Waals surface area contributed by atoms with E-state index in [-0.39, 0.29) is 5.54 Å². The van der Waals surface area contributed by atoms with Crippen molar-refractivity contribution in [3.63, 3.8) is 0 Å². The van der Waals surface area contributed by atoms with Gasteiger partial charge in [0.25, 0.3) is 0 Å². The lowest BCUT2D eigenvalue weighted by Gasteiger charge is -2.20. The van der Waals surface area contributed by atoms with Crippen LogP contribution in [-0.2, 0) is 0 Å². The van der Waals surface area contributed by atoms with Gasteiger partial charge in [-0.2, -0.15) is 0 Å². The van der Waals surface area contributed by atoms with Gasteiger partial charge in [-0.3, -0.25) is 4.99 Å². The van der Waals surface area contributed by atoms with E-state index in [1.807, 2.05) is 18.2 Å². The molecule has 0 bridgehead atoms. The van der Waals surface area contributed by atoms with Crippen molar-refractivity contribution in [2.45, 2.75) is 32.2 Å². The lowest BCUT2D eigenvalue weighted by atomic mass is 9.97. The average molecular weight is 348 g/mol. The fourth-order valence-electron chi connectivity index (χ4n) is 1.86. The van der Waals surface area contributed by atoms with Crippen molar-refractivity contribution in [1.29, 1.82) is 0 Å². The fourth-order valence-corrected chi connectivity index (χ4v) is 3.68. The van der Waals surface area contributed by atoms with Crippen LogP contribution in [0.1, 0.15) is 26.7 Å². The van der Waals surface area contributed by atoms with E-state index in [2.05, 4.69) is 35.1 Å². The normalized spacial score (nSPS) is 17.7. The van der Waals surface area contributed by atoms with Crippen molar-refractivity contribution in [3.05, 3.63) is 27.7 Å². The maximum atomic E-state index is 5.98. The molecule has 1 heterocycles. The van der Waals surface area contributed by atoms with E-state index in [4.69, 9.17) is 16.6 Å². The van der Waals surface area contributed by atoms with Gasteiger partial charge in [-0.1, -0.05) is 37.2 Å². The number of hydrogen-bond acceptors (Lipinski definition) is 3. The second-order valence-electron chi connectivity index (χ2n) is 4.39. The molecule has 0 atom stereocenters. The Morgan fingerprint density at radius 1 is 1.44 bits per heavy atom. The lowest BCUT2D eigenvalue weighted by molar-refractivity contribution is 0.456. The molecule has 0 saturated carbocycles. The van der Waals surface area contributed by atoms with Crippen LogP contribution < -0.4 is 5.32 Å². The average Bonchev–Trinajstić information content (AvgIpc) is 2.78. The number of aliphatic imine (C=N–C) groups is 1. The van der Waals surface area contributed by atoms with Gasteiger partial charge in [0.15, 0.2) is 5.17 Å². The van der Waals surface area contributed by atoms with E-state index in [9.17, 15) is 0 Å². The molecule has 2 rings (SSSR count). The zero-order chi connectivity index (χ0) is 13.2. The minimum absolute atomic E-state index is 0.122. The molecule has 1 aromatic rings. The Morgan fingerprint density at radius 2 is 2.17 bits per heavy atom. The molecule has 0 fully saturated rings. The number of hydrogen-bond donors (Lipinski definition) is 1. The molecule has 1 aliphatic rings. The maximum absolute atomic E-state index is 5.98. The summed E-state index contributed by atoms with van der Waals surface area (Å²) in [5.41, 5.74) is 1.14. The van der Waals surface area contributed by atoms with Crippen LogP contribution in [0.2, 0.25) is 5.02 Å². The first-order chi connectivity index (χ1) is 8.58. The minimum atomic E-state index is 0.122. The van der Waals surface area contributed by atoms with E-state index < -0.39 is 0 Å². The summed E-state index contributed by atoms with van der Waals surface area (Å²) in [6.45, 7) is 4.41. The topological polar surface area (TPSA) is 24.4 Å². The Hall–Kier alpha value is -0.190. The highest BCUT2D eigenvalue weighted by molar-refractivity contribution is 9.10. The molecule has 1 aliphatic heterocycles.